The average molecular weight is 293 g/mol. The van der Waals surface area contributed by atoms with Crippen molar-refractivity contribution in [2.24, 2.45) is 11.7 Å². The minimum absolute atomic E-state index is 0.0435. The molecule has 2 rings (SSSR count). The van der Waals surface area contributed by atoms with Crippen LogP contribution in [0, 0.1) is 17.2 Å². The molecule has 2 N–H and O–H groups in total. The van der Waals surface area contributed by atoms with Crippen LogP contribution in [0.15, 0.2) is 24.3 Å². The first-order valence-corrected chi connectivity index (χ1v) is 8.24. The van der Waals surface area contributed by atoms with Crippen molar-refractivity contribution in [1.29, 1.82) is 5.26 Å². The minimum Gasteiger partial charge on any atom is -0.326 e. The minimum atomic E-state index is -3.35. The molecule has 2 unspecified atom stereocenters. The van der Waals surface area contributed by atoms with Crippen molar-refractivity contribution >= 4 is 10.0 Å². The lowest BCUT2D eigenvalue weighted by Gasteiger charge is -2.33. The number of benzene rings is 1. The van der Waals surface area contributed by atoms with Crippen LogP contribution in [0.2, 0.25) is 0 Å². The Morgan fingerprint density at radius 3 is 2.55 bits per heavy atom. The summed E-state index contributed by atoms with van der Waals surface area (Å²) >= 11 is 0. The Morgan fingerprint density at radius 2 is 2.00 bits per heavy atom. The topological polar surface area (TPSA) is 87.2 Å². The van der Waals surface area contributed by atoms with Gasteiger partial charge in [-0.3, -0.25) is 0 Å². The fourth-order valence-corrected chi connectivity index (χ4v) is 4.25. The Bertz CT molecular complexity index is 594. The molecule has 2 atom stereocenters. The van der Waals surface area contributed by atoms with E-state index in [1.165, 1.54) is 4.31 Å². The zero-order valence-corrected chi connectivity index (χ0v) is 12.3. The number of nitrogens with zero attached hydrogens (tertiary/aromatic N) is 2. The molecule has 1 heterocycles. The van der Waals surface area contributed by atoms with E-state index in [0.717, 1.165) is 6.42 Å². The molecule has 1 saturated heterocycles. The first-order valence-electron chi connectivity index (χ1n) is 6.63. The Kier molecular flexibility index (Phi) is 4.43. The molecule has 20 heavy (non-hydrogen) atoms. The smallest absolute Gasteiger partial charge is 0.218 e. The summed E-state index contributed by atoms with van der Waals surface area (Å²) in [6.07, 6.45) is 0.864. The molecular formula is C14H19N3O2S. The molecule has 1 aromatic carbocycles. The first kappa shape index (κ1) is 15.0. The summed E-state index contributed by atoms with van der Waals surface area (Å²) in [7, 11) is -3.35. The van der Waals surface area contributed by atoms with E-state index >= 15 is 0 Å². The maximum absolute atomic E-state index is 12.4. The van der Waals surface area contributed by atoms with E-state index in [1.807, 2.05) is 13.0 Å². The largest absolute Gasteiger partial charge is 0.326 e. The third-order valence-electron chi connectivity index (χ3n) is 3.48. The van der Waals surface area contributed by atoms with Gasteiger partial charge < -0.3 is 5.73 Å². The van der Waals surface area contributed by atoms with Crippen molar-refractivity contribution in [3.63, 3.8) is 0 Å². The SMILES string of the molecule is CC1CC(N)CN(S(=O)(=O)Cc2ccc(C#N)cc2)C1. The van der Waals surface area contributed by atoms with E-state index in [4.69, 9.17) is 11.0 Å². The van der Waals surface area contributed by atoms with Crippen LogP contribution in [0.1, 0.15) is 24.5 Å². The molecule has 1 fully saturated rings. The summed E-state index contributed by atoms with van der Waals surface area (Å²) in [5, 5.41) is 8.73. The second-order valence-electron chi connectivity index (χ2n) is 5.48. The normalized spacial score (nSPS) is 24.2. The fraction of sp³-hybridized carbons (Fsp3) is 0.500. The average Bonchev–Trinajstić information content (AvgIpc) is 2.38. The summed E-state index contributed by atoms with van der Waals surface area (Å²) in [4.78, 5) is 0. The lowest BCUT2D eigenvalue weighted by Crippen LogP contribution is -2.49. The van der Waals surface area contributed by atoms with Gasteiger partial charge in [-0.2, -0.15) is 9.57 Å². The molecule has 108 valence electrons. The molecule has 1 aromatic rings. The first-order chi connectivity index (χ1) is 9.40. The van der Waals surface area contributed by atoms with Gasteiger partial charge >= 0.3 is 0 Å². The second kappa shape index (κ2) is 5.92. The van der Waals surface area contributed by atoms with E-state index in [2.05, 4.69) is 0 Å². The molecule has 6 heteroatoms. The Labute approximate surface area is 120 Å². The molecule has 1 aliphatic rings. The Morgan fingerprint density at radius 1 is 1.35 bits per heavy atom. The van der Waals surface area contributed by atoms with Crippen molar-refractivity contribution in [2.45, 2.75) is 25.1 Å². The number of nitriles is 1. The van der Waals surface area contributed by atoms with Crippen molar-refractivity contribution in [2.75, 3.05) is 13.1 Å². The highest BCUT2D eigenvalue weighted by atomic mass is 32.2. The second-order valence-corrected chi connectivity index (χ2v) is 7.45. The van der Waals surface area contributed by atoms with Crippen LogP contribution < -0.4 is 5.73 Å². The number of sulfonamides is 1. The monoisotopic (exact) mass is 293 g/mol. The summed E-state index contributed by atoms with van der Waals surface area (Å²) < 4.78 is 26.3. The van der Waals surface area contributed by atoms with Crippen LogP contribution >= 0.6 is 0 Å². The quantitative estimate of drug-likeness (QED) is 0.902. The highest BCUT2D eigenvalue weighted by molar-refractivity contribution is 7.88. The van der Waals surface area contributed by atoms with Crippen molar-refractivity contribution in [3.8, 4) is 6.07 Å². The van der Waals surface area contributed by atoms with Crippen LogP contribution in [-0.4, -0.2) is 31.9 Å². The predicted octanol–water partition coefficient (Wildman–Crippen LogP) is 1.06. The molecule has 0 amide bonds. The zero-order chi connectivity index (χ0) is 14.8. The zero-order valence-electron chi connectivity index (χ0n) is 11.5. The molecule has 0 radical (unpaired) electrons. The summed E-state index contributed by atoms with van der Waals surface area (Å²) in [6.45, 7) is 2.94. The maximum Gasteiger partial charge on any atom is 0.218 e. The van der Waals surface area contributed by atoms with E-state index in [-0.39, 0.29) is 17.7 Å². The molecule has 1 aliphatic heterocycles. The van der Waals surface area contributed by atoms with Crippen LogP contribution in [0.25, 0.3) is 0 Å². The Hall–Kier alpha value is -1.42. The van der Waals surface area contributed by atoms with Gasteiger partial charge in [0.25, 0.3) is 0 Å². The lowest BCUT2D eigenvalue weighted by atomic mass is 9.99. The van der Waals surface area contributed by atoms with Crippen LogP contribution in [0.3, 0.4) is 0 Å². The van der Waals surface area contributed by atoms with Gasteiger partial charge in [-0.05, 0) is 30.0 Å². The maximum atomic E-state index is 12.4. The number of nitrogens with two attached hydrogens (primary N) is 1. The summed E-state index contributed by atoms with van der Waals surface area (Å²) in [5.41, 5.74) is 7.12. The number of piperidine rings is 1. The highest BCUT2D eigenvalue weighted by Gasteiger charge is 2.30. The van der Waals surface area contributed by atoms with Gasteiger partial charge in [0, 0.05) is 19.1 Å². The van der Waals surface area contributed by atoms with Crippen LogP contribution in [-0.2, 0) is 15.8 Å². The predicted molar refractivity (Wildman–Crippen MR) is 77.1 cm³/mol. The van der Waals surface area contributed by atoms with Gasteiger partial charge in [0.2, 0.25) is 10.0 Å². The molecule has 0 saturated carbocycles. The number of hydrogen-bond donors (Lipinski definition) is 1. The summed E-state index contributed by atoms with van der Waals surface area (Å²) in [5.74, 6) is 0.243. The van der Waals surface area contributed by atoms with Gasteiger partial charge in [-0.1, -0.05) is 19.1 Å². The van der Waals surface area contributed by atoms with Gasteiger partial charge in [0.1, 0.15) is 0 Å². The van der Waals surface area contributed by atoms with Crippen LogP contribution in [0.5, 0.6) is 0 Å². The van der Waals surface area contributed by atoms with Gasteiger partial charge in [0.15, 0.2) is 0 Å². The molecule has 0 bridgehead atoms. The van der Waals surface area contributed by atoms with Crippen molar-refractivity contribution in [1.82, 2.24) is 4.31 Å². The van der Waals surface area contributed by atoms with Crippen LogP contribution in [0.4, 0.5) is 0 Å². The molecule has 5 nitrogen and oxygen atoms in total. The van der Waals surface area contributed by atoms with Crippen molar-refractivity contribution in [3.05, 3.63) is 35.4 Å². The highest BCUT2D eigenvalue weighted by Crippen LogP contribution is 2.20. The Balaban J connectivity index is 2.12. The number of rotatable bonds is 3. The molecule has 0 aliphatic carbocycles. The van der Waals surface area contributed by atoms with Gasteiger partial charge in [-0.15, -0.1) is 0 Å². The van der Waals surface area contributed by atoms with E-state index in [9.17, 15) is 8.42 Å². The summed E-state index contributed by atoms with van der Waals surface area (Å²) in [6, 6.07) is 8.56. The van der Waals surface area contributed by atoms with Gasteiger partial charge in [0.05, 0.1) is 17.4 Å². The lowest BCUT2D eigenvalue weighted by molar-refractivity contribution is 0.254. The molecule has 0 spiro atoms. The van der Waals surface area contributed by atoms with Gasteiger partial charge in [-0.25, -0.2) is 8.42 Å². The fourth-order valence-electron chi connectivity index (χ4n) is 2.55. The van der Waals surface area contributed by atoms with E-state index in [0.29, 0.717) is 24.2 Å². The third-order valence-corrected chi connectivity index (χ3v) is 5.27. The van der Waals surface area contributed by atoms with E-state index in [1.54, 1.807) is 24.3 Å². The number of hydrogen-bond acceptors (Lipinski definition) is 4. The van der Waals surface area contributed by atoms with E-state index < -0.39 is 10.0 Å². The molecular weight excluding hydrogens is 274 g/mol. The standard InChI is InChI=1S/C14H19N3O2S/c1-11-6-14(16)9-17(8-11)20(18,19)10-13-4-2-12(7-15)3-5-13/h2-5,11,14H,6,8-10,16H2,1H3. The molecule has 0 aromatic heterocycles. The van der Waals surface area contributed by atoms with Crippen molar-refractivity contribution < 1.29 is 8.42 Å². The third kappa shape index (κ3) is 3.57.